The maximum atomic E-state index is 10.5. The number of carbonyl (C=O) groups is 1. The number of cyclic esters (lactones) is 1. The van der Waals surface area contributed by atoms with Crippen molar-refractivity contribution in [2.45, 2.75) is 25.9 Å². The summed E-state index contributed by atoms with van der Waals surface area (Å²) in [6.07, 6.45) is 1.44. The molecule has 10 heavy (non-hydrogen) atoms. The molecule has 1 atom stereocenters. The van der Waals surface area contributed by atoms with E-state index in [-0.39, 0.29) is 12.1 Å². The van der Waals surface area contributed by atoms with Gasteiger partial charge >= 0.3 is 5.97 Å². The van der Waals surface area contributed by atoms with Gasteiger partial charge in [0.15, 0.2) is 0 Å². The molecule has 1 unspecified atom stereocenters. The molecule has 0 bridgehead atoms. The summed E-state index contributed by atoms with van der Waals surface area (Å²) in [6.45, 7) is 3.21. The van der Waals surface area contributed by atoms with Gasteiger partial charge in [-0.2, -0.15) is 0 Å². The van der Waals surface area contributed by atoms with Gasteiger partial charge < -0.3 is 9.47 Å². The van der Waals surface area contributed by atoms with E-state index < -0.39 is 0 Å². The Morgan fingerprint density at radius 3 is 3.10 bits per heavy atom. The number of ether oxygens (including phenoxy) is 2. The summed E-state index contributed by atoms with van der Waals surface area (Å²) >= 11 is 0. The van der Waals surface area contributed by atoms with Crippen LogP contribution in [0.3, 0.4) is 0 Å². The van der Waals surface area contributed by atoms with Gasteiger partial charge in [0, 0.05) is 6.61 Å². The van der Waals surface area contributed by atoms with Gasteiger partial charge in [0.1, 0.15) is 12.7 Å². The van der Waals surface area contributed by atoms with E-state index in [1.807, 2.05) is 6.92 Å². The van der Waals surface area contributed by atoms with Crippen LogP contribution in [0.15, 0.2) is 0 Å². The number of carbonyl (C=O) groups excluding carboxylic acids is 1. The lowest BCUT2D eigenvalue weighted by atomic mass is 10.3. The fraction of sp³-hybridized carbons (Fsp3) is 0.857. The second kappa shape index (κ2) is 3.56. The second-order valence-electron chi connectivity index (χ2n) is 2.38. The maximum absolute atomic E-state index is 10.5. The predicted octanol–water partition coefficient (Wildman–Crippen LogP) is 0.729. The molecule has 0 saturated carbocycles. The summed E-state index contributed by atoms with van der Waals surface area (Å²) in [5.41, 5.74) is 0. The largest absolute Gasteiger partial charge is 0.463 e. The molecule has 1 fully saturated rings. The summed E-state index contributed by atoms with van der Waals surface area (Å²) in [5, 5.41) is 0. The van der Waals surface area contributed by atoms with Crippen molar-refractivity contribution in [3.8, 4) is 0 Å². The van der Waals surface area contributed by atoms with Gasteiger partial charge in [-0.25, -0.2) is 0 Å². The first-order valence-electron chi connectivity index (χ1n) is 3.60. The molecule has 1 heterocycles. The second-order valence-corrected chi connectivity index (χ2v) is 2.38. The lowest BCUT2D eigenvalue weighted by molar-refractivity contribution is -0.137. The fourth-order valence-corrected chi connectivity index (χ4v) is 0.881. The normalized spacial score (nSPS) is 24.9. The van der Waals surface area contributed by atoms with Crippen molar-refractivity contribution in [3.05, 3.63) is 0 Å². The molecule has 0 aromatic heterocycles. The van der Waals surface area contributed by atoms with Gasteiger partial charge in [-0.3, -0.25) is 4.79 Å². The number of esters is 1. The minimum atomic E-state index is -0.138. The average Bonchev–Trinajstić information content (AvgIpc) is 2.31. The molecule has 1 saturated heterocycles. The molecule has 0 spiro atoms. The lowest BCUT2D eigenvalue weighted by Crippen LogP contribution is -2.12. The Morgan fingerprint density at radius 1 is 1.80 bits per heavy atom. The number of hydrogen-bond donors (Lipinski definition) is 0. The zero-order valence-electron chi connectivity index (χ0n) is 6.13. The Bertz CT molecular complexity index is 122. The molecule has 1 rings (SSSR count). The van der Waals surface area contributed by atoms with E-state index in [1.54, 1.807) is 0 Å². The molecule has 0 N–H and O–H groups in total. The molecule has 0 radical (unpaired) electrons. The highest BCUT2D eigenvalue weighted by Gasteiger charge is 2.23. The summed E-state index contributed by atoms with van der Waals surface area (Å²) in [6, 6.07) is 0. The third kappa shape index (κ3) is 1.99. The van der Waals surface area contributed by atoms with Crippen LogP contribution >= 0.6 is 0 Å². The molecule has 0 aromatic rings. The first kappa shape index (κ1) is 7.54. The molecule has 0 aromatic carbocycles. The molecule has 0 aliphatic carbocycles. The van der Waals surface area contributed by atoms with Crippen molar-refractivity contribution < 1.29 is 14.3 Å². The Kier molecular flexibility index (Phi) is 2.68. The van der Waals surface area contributed by atoms with Crippen LogP contribution in [-0.4, -0.2) is 25.3 Å². The highest BCUT2D eigenvalue weighted by atomic mass is 16.6. The first-order valence-corrected chi connectivity index (χ1v) is 3.60. The first-order chi connectivity index (χ1) is 4.83. The topological polar surface area (TPSA) is 35.5 Å². The van der Waals surface area contributed by atoms with Gasteiger partial charge in [0.05, 0.1) is 6.42 Å². The van der Waals surface area contributed by atoms with Gasteiger partial charge in [0.25, 0.3) is 0 Å². The number of rotatable bonds is 3. The van der Waals surface area contributed by atoms with E-state index in [0.29, 0.717) is 13.0 Å². The third-order valence-electron chi connectivity index (χ3n) is 1.38. The van der Waals surface area contributed by atoms with Crippen LogP contribution in [0.5, 0.6) is 0 Å². The van der Waals surface area contributed by atoms with Gasteiger partial charge in [-0.1, -0.05) is 6.92 Å². The Morgan fingerprint density at radius 2 is 2.60 bits per heavy atom. The summed E-state index contributed by atoms with van der Waals surface area (Å²) in [4.78, 5) is 10.5. The molecule has 1 aliphatic rings. The van der Waals surface area contributed by atoms with Crippen molar-refractivity contribution >= 4 is 5.97 Å². The van der Waals surface area contributed by atoms with Crippen LogP contribution in [0.1, 0.15) is 19.8 Å². The highest BCUT2D eigenvalue weighted by Crippen LogP contribution is 2.09. The minimum Gasteiger partial charge on any atom is -0.463 e. The van der Waals surface area contributed by atoms with Crippen LogP contribution in [0, 0.1) is 0 Å². The Balaban J connectivity index is 2.12. The molecule has 0 amide bonds. The zero-order chi connectivity index (χ0) is 7.40. The average molecular weight is 144 g/mol. The van der Waals surface area contributed by atoms with Crippen molar-refractivity contribution in [1.82, 2.24) is 0 Å². The molecular formula is C7H12O3. The van der Waals surface area contributed by atoms with Crippen LogP contribution in [0.2, 0.25) is 0 Å². The fourth-order valence-electron chi connectivity index (χ4n) is 0.881. The van der Waals surface area contributed by atoms with Gasteiger partial charge in [0.2, 0.25) is 0 Å². The van der Waals surface area contributed by atoms with Gasteiger partial charge in [-0.05, 0) is 6.42 Å². The Labute approximate surface area is 60.3 Å². The van der Waals surface area contributed by atoms with Crippen LogP contribution in [0.4, 0.5) is 0 Å². The van der Waals surface area contributed by atoms with E-state index in [4.69, 9.17) is 9.47 Å². The van der Waals surface area contributed by atoms with E-state index >= 15 is 0 Å². The molecule has 1 aliphatic heterocycles. The van der Waals surface area contributed by atoms with Crippen molar-refractivity contribution in [1.29, 1.82) is 0 Å². The summed E-state index contributed by atoms with van der Waals surface area (Å²) in [5.74, 6) is -0.138. The van der Waals surface area contributed by atoms with Crippen molar-refractivity contribution in [2.24, 2.45) is 0 Å². The third-order valence-corrected chi connectivity index (χ3v) is 1.38. The quantitative estimate of drug-likeness (QED) is 0.548. The minimum absolute atomic E-state index is 0.0208. The van der Waals surface area contributed by atoms with Crippen LogP contribution in [-0.2, 0) is 14.3 Å². The van der Waals surface area contributed by atoms with E-state index in [0.717, 1.165) is 13.0 Å². The SMILES string of the molecule is CCCOC1COC(=O)C1. The standard InChI is InChI=1S/C7H12O3/c1-2-3-9-6-4-7(8)10-5-6/h6H,2-5H2,1H3. The van der Waals surface area contributed by atoms with E-state index in [9.17, 15) is 4.79 Å². The van der Waals surface area contributed by atoms with E-state index in [2.05, 4.69) is 0 Å². The molecule has 3 nitrogen and oxygen atoms in total. The lowest BCUT2D eigenvalue weighted by Gasteiger charge is -2.05. The van der Waals surface area contributed by atoms with Crippen LogP contribution < -0.4 is 0 Å². The molecular weight excluding hydrogens is 132 g/mol. The van der Waals surface area contributed by atoms with E-state index in [1.165, 1.54) is 0 Å². The molecule has 3 heteroatoms. The maximum Gasteiger partial charge on any atom is 0.308 e. The van der Waals surface area contributed by atoms with Crippen molar-refractivity contribution in [2.75, 3.05) is 13.2 Å². The predicted molar refractivity (Wildman–Crippen MR) is 35.6 cm³/mol. The van der Waals surface area contributed by atoms with Gasteiger partial charge in [-0.15, -0.1) is 0 Å². The smallest absolute Gasteiger partial charge is 0.308 e. The Hall–Kier alpha value is -0.570. The highest BCUT2D eigenvalue weighted by molar-refractivity contribution is 5.71. The summed E-state index contributed by atoms with van der Waals surface area (Å²) in [7, 11) is 0. The van der Waals surface area contributed by atoms with Crippen LogP contribution in [0.25, 0.3) is 0 Å². The molecule has 58 valence electrons. The number of hydrogen-bond acceptors (Lipinski definition) is 3. The monoisotopic (exact) mass is 144 g/mol. The summed E-state index contributed by atoms with van der Waals surface area (Å²) < 4.78 is 9.98. The zero-order valence-corrected chi connectivity index (χ0v) is 6.13. The van der Waals surface area contributed by atoms with Crippen molar-refractivity contribution in [3.63, 3.8) is 0 Å².